The molecule has 2 amide bonds. The fourth-order valence-corrected chi connectivity index (χ4v) is 2.96. The first-order valence-corrected chi connectivity index (χ1v) is 9.06. The number of hydrogen-bond acceptors (Lipinski definition) is 4. The molecule has 0 atom stereocenters. The summed E-state index contributed by atoms with van der Waals surface area (Å²) in [4.78, 5) is 24.4. The van der Waals surface area contributed by atoms with Gasteiger partial charge in [0.2, 0.25) is 0 Å². The van der Waals surface area contributed by atoms with Crippen LogP contribution in [-0.2, 0) is 16.1 Å². The van der Waals surface area contributed by atoms with Gasteiger partial charge in [0, 0.05) is 34.5 Å². The molecule has 7 heteroatoms. The van der Waals surface area contributed by atoms with Gasteiger partial charge < -0.3 is 15.4 Å². The summed E-state index contributed by atoms with van der Waals surface area (Å²) in [6.07, 6.45) is 0. The second kappa shape index (κ2) is 8.53. The van der Waals surface area contributed by atoms with E-state index in [4.69, 9.17) is 4.74 Å². The average molecular weight is 372 g/mol. The predicted octanol–water partition coefficient (Wildman–Crippen LogP) is 3.30. The molecule has 2 aromatic rings. The smallest absolute Gasteiger partial charge is 0.291 e. The summed E-state index contributed by atoms with van der Waals surface area (Å²) < 4.78 is 18.9. The molecular weight excluding hydrogens is 355 g/mol. The standard InChI is InChI=1S/C19H17FN2O3S/c20-16-7-2-1-4-14(16)11-21-18(23)13-5-3-6-15(10-13)22-19(24)17-12-26-9-8-25-17/h1-7,10,12H,8-9,11H2,(H,21,23)(H,22,24). The van der Waals surface area contributed by atoms with Gasteiger partial charge in [-0.15, -0.1) is 11.8 Å². The highest BCUT2D eigenvalue weighted by molar-refractivity contribution is 8.02. The summed E-state index contributed by atoms with van der Waals surface area (Å²) >= 11 is 1.51. The number of amides is 2. The van der Waals surface area contributed by atoms with Crippen molar-refractivity contribution >= 4 is 29.3 Å². The molecule has 3 rings (SSSR count). The van der Waals surface area contributed by atoms with Gasteiger partial charge >= 0.3 is 0 Å². The molecule has 0 fully saturated rings. The van der Waals surface area contributed by atoms with Gasteiger partial charge in [0.15, 0.2) is 5.76 Å². The maximum atomic E-state index is 13.6. The van der Waals surface area contributed by atoms with E-state index in [0.717, 1.165) is 5.75 Å². The number of halogens is 1. The highest BCUT2D eigenvalue weighted by Gasteiger charge is 2.15. The Kier molecular flexibility index (Phi) is 5.91. The summed E-state index contributed by atoms with van der Waals surface area (Å²) in [5, 5.41) is 7.04. The zero-order chi connectivity index (χ0) is 18.4. The van der Waals surface area contributed by atoms with Crippen molar-refractivity contribution in [3.63, 3.8) is 0 Å². The fraction of sp³-hybridized carbons (Fsp3) is 0.158. The molecule has 0 unspecified atom stereocenters. The van der Waals surface area contributed by atoms with Crippen LogP contribution in [0.1, 0.15) is 15.9 Å². The first-order valence-electron chi connectivity index (χ1n) is 8.01. The van der Waals surface area contributed by atoms with E-state index in [1.54, 1.807) is 47.9 Å². The Labute approximate surface area is 154 Å². The van der Waals surface area contributed by atoms with Crippen LogP contribution >= 0.6 is 11.8 Å². The number of ether oxygens (including phenoxy) is 1. The van der Waals surface area contributed by atoms with Crippen molar-refractivity contribution in [3.8, 4) is 0 Å². The third-order valence-corrected chi connectivity index (χ3v) is 4.44. The van der Waals surface area contributed by atoms with Gasteiger partial charge in [-0.25, -0.2) is 4.39 Å². The topological polar surface area (TPSA) is 67.4 Å². The molecule has 0 saturated carbocycles. The molecule has 2 N–H and O–H groups in total. The Morgan fingerprint density at radius 2 is 1.96 bits per heavy atom. The van der Waals surface area contributed by atoms with Crippen LogP contribution < -0.4 is 10.6 Å². The average Bonchev–Trinajstić information content (AvgIpc) is 2.68. The molecule has 0 aromatic heterocycles. The van der Waals surface area contributed by atoms with E-state index in [1.807, 2.05) is 0 Å². The van der Waals surface area contributed by atoms with Crippen molar-refractivity contribution in [3.05, 3.63) is 76.6 Å². The molecule has 1 aliphatic rings. The van der Waals surface area contributed by atoms with Crippen LogP contribution in [0, 0.1) is 5.82 Å². The van der Waals surface area contributed by atoms with Crippen LogP contribution in [0.25, 0.3) is 0 Å². The van der Waals surface area contributed by atoms with Crippen LogP contribution in [0.15, 0.2) is 59.7 Å². The number of carbonyl (C=O) groups excluding carboxylic acids is 2. The number of rotatable bonds is 5. The highest BCUT2D eigenvalue weighted by Crippen LogP contribution is 2.18. The van der Waals surface area contributed by atoms with Crippen LogP contribution in [0.2, 0.25) is 0 Å². The molecule has 0 aliphatic carbocycles. The summed E-state index contributed by atoms with van der Waals surface area (Å²) in [5.41, 5.74) is 1.25. The lowest BCUT2D eigenvalue weighted by Gasteiger charge is -2.14. The van der Waals surface area contributed by atoms with Gasteiger partial charge in [-0.3, -0.25) is 9.59 Å². The summed E-state index contributed by atoms with van der Waals surface area (Å²) in [5.74, 6) is -0.00806. The third kappa shape index (κ3) is 4.64. The second-order valence-electron chi connectivity index (χ2n) is 5.51. The molecule has 26 heavy (non-hydrogen) atoms. The Balaban J connectivity index is 1.63. The molecular formula is C19H17FN2O3S. The zero-order valence-corrected chi connectivity index (χ0v) is 14.6. The van der Waals surface area contributed by atoms with Crippen LogP contribution in [0.4, 0.5) is 10.1 Å². The molecule has 0 bridgehead atoms. The molecule has 0 saturated heterocycles. The molecule has 1 aliphatic heterocycles. The van der Waals surface area contributed by atoms with Crippen LogP contribution in [-0.4, -0.2) is 24.2 Å². The van der Waals surface area contributed by atoms with Crippen molar-refractivity contribution in [1.29, 1.82) is 0 Å². The maximum absolute atomic E-state index is 13.6. The van der Waals surface area contributed by atoms with Gasteiger partial charge in [-0.2, -0.15) is 0 Å². The van der Waals surface area contributed by atoms with Crippen molar-refractivity contribution < 1.29 is 18.7 Å². The molecule has 0 radical (unpaired) electrons. The lowest BCUT2D eigenvalue weighted by Crippen LogP contribution is -2.24. The number of anilines is 1. The number of benzene rings is 2. The summed E-state index contributed by atoms with van der Waals surface area (Å²) in [7, 11) is 0. The van der Waals surface area contributed by atoms with Gasteiger partial charge in [-0.05, 0) is 24.3 Å². The van der Waals surface area contributed by atoms with E-state index in [2.05, 4.69) is 10.6 Å². The van der Waals surface area contributed by atoms with Crippen molar-refractivity contribution in [1.82, 2.24) is 5.32 Å². The number of hydrogen-bond donors (Lipinski definition) is 2. The largest absolute Gasteiger partial charge is 0.487 e. The van der Waals surface area contributed by atoms with E-state index in [1.165, 1.54) is 17.8 Å². The highest BCUT2D eigenvalue weighted by atomic mass is 32.2. The minimum atomic E-state index is -0.368. The Hall–Kier alpha value is -2.80. The first kappa shape index (κ1) is 18.0. The van der Waals surface area contributed by atoms with Gasteiger partial charge in [0.25, 0.3) is 11.8 Å². The van der Waals surface area contributed by atoms with Gasteiger partial charge in [0.05, 0.1) is 6.61 Å². The van der Waals surface area contributed by atoms with Gasteiger partial charge in [0.1, 0.15) is 5.82 Å². The monoisotopic (exact) mass is 372 g/mol. The van der Waals surface area contributed by atoms with E-state index >= 15 is 0 Å². The summed E-state index contributed by atoms with van der Waals surface area (Å²) in [6, 6.07) is 12.8. The molecule has 2 aromatic carbocycles. The molecule has 5 nitrogen and oxygen atoms in total. The minimum Gasteiger partial charge on any atom is -0.487 e. The Morgan fingerprint density at radius 1 is 1.12 bits per heavy atom. The van der Waals surface area contributed by atoms with Crippen LogP contribution in [0.5, 0.6) is 0 Å². The van der Waals surface area contributed by atoms with E-state index < -0.39 is 0 Å². The van der Waals surface area contributed by atoms with E-state index in [-0.39, 0.29) is 29.9 Å². The van der Waals surface area contributed by atoms with E-state index in [9.17, 15) is 14.0 Å². The predicted molar refractivity (Wildman–Crippen MR) is 99.1 cm³/mol. The fourth-order valence-electron chi connectivity index (χ4n) is 2.34. The van der Waals surface area contributed by atoms with Crippen molar-refractivity contribution in [2.75, 3.05) is 17.7 Å². The van der Waals surface area contributed by atoms with Gasteiger partial charge in [-0.1, -0.05) is 24.3 Å². The minimum absolute atomic E-state index is 0.0834. The molecule has 0 spiro atoms. The zero-order valence-electron chi connectivity index (χ0n) is 13.8. The molecule has 134 valence electrons. The number of carbonyl (C=O) groups is 2. The number of nitrogens with one attached hydrogen (secondary N) is 2. The Morgan fingerprint density at radius 3 is 2.73 bits per heavy atom. The molecule has 1 heterocycles. The SMILES string of the molecule is O=C(Nc1cccc(C(=O)NCc2ccccc2F)c1)C1=CSCCO1. The first-order chi connectivity index (χ1) is 12.6. The third-order valence-electron chi connectivity index (χ3n) is 3.65. The normalized spacial score (nSPS) is 13.3. The lowest BCUT2D eigenvalue weighted by atomic mass is 10.1. The quantitative estimate of drug-likeness (QED) is 0.845. The number of thioether (sulfide) groups is 1. The van der Waals surface area contributed by atoms with Crippen LogP contribution in [0.3, 0.4) is 0 Å². The Bertz CT molecular complexity index is 854. The summed E-state index contributed by atoms with van der Waals surface area (Å²) in [6.45, 7) is 0.572. The lowest BCUT2D eigenvalue weighted by molar-refractivity contribution is -0.116. The van der Waals surface area contributed by atoms with Crippen molar-refractivity contribution in [2.45, 2.75) is 6.54 Å². The maximum Gasteiger partial charge on any atom is 0.291 e. The second-order valence-corrected chi connectivity index (χ2v) is 6.49. The van der Waals surface area contributed by atoms with E-state index in [0.29, 0.717) is 23.4 Å². The van der Waals surface area contributed by atoms with Crippen molar-refractivity contribution in [2.24, 2.45) is 0 Å².